The average molecular weight is 767 g/mol. The van der Waals surface area contributed by atoms with E-state index in [1.807, 2.05) is 19.9 Å². The maximum Gasteiger partial charge on any atom is 0.391 e. The van der Waals surface area contributed by atoms with Crippen molar-refractivity contribution in [3.63, 3.8) is 0 Å². The van der Waals surface area contributed by atoms with E-state index in [0.717, 1.165) is 34.5 Å². The maximum absolute atomic E-state index is 14.5. The smallest absolute Gasteiger partial charge is 0.391 e. The summed E-state index contributed by atoms with van der Waals surface area (Å²) in [7, 11) is -3.96. The Morgan fingerprint density at radius 3 is 2.23 bits per heavy atom. The second-order valence-electron chi connectivity index (χ2n) is 13.3. The van der Waals surface area contributed by atoms with Crippen molar-refractivity contribution < 1.29 is 44.7 Å². The molecule has 2 fully saturated rings. The van der Waals surface area contributed by atoms with E-state index in [1.54, 1.807) is 11.0 Å². The molecule has 53 heavy (non-hydrogen) atoms. The number of amides is 3. The molecule has 3 aromatic rings. The van der Waals surface area contributed by atoms with Gasteiger partial charge in [0.1, 0.15) is 17.4 Å². The topological polar surface area (TPSA) is 138 Å². The van der Waals surface area contributed by atoms with E-state index >= 15 is 0 Å². The van der Waals surface area contributed by atoms with Crippen LogP contribution >= 0.6 is 0 Å². The molecule has 3 N–H and O–H groups in total. The van der Waals surface area contributed by atoms with Crippen LogP contribution in [0.2, 0.25) is 0 Å². The Kier molecular flexibility index (Phi) is 12.6. The zero-order chi connectivity index (χ0) is 38.5. The number of pyridine rings is 1. The van der Waals surface area contributed by atoms with Gasteiger partial charge >= 0.3 is 12.2 Å². The van der Waals surface area contributed by atoms with Crippen molar-refractivity contribution in [3.8, 4) is 11.6 Å². The minimum Gasteiger partial charge on any atom is -0.439 e. The van der Waals surface area contributed by atoms with Crippen molar-refractivity contribution >= 4 is 27.6 Å². The first-order valence-corrected chi connectivity index (χ1v) is 18.9. The number of carbonyl (C=O) groups excluding carboxylic acids is 2. The van der Waals surface area contributed by atoms with Crippen LogP contribution in [-0.4, -0.2) is 84.4 Å². The summed E-state index contributed by atoms with van der Waals surface area (Å²) in [6, 6.07) is 10.0. The van der Waals surface area contributed by atoms with Crippen LogP contribution in [0.1, 0.15) is 67.1 Å². The highest BCUT2D eigenvalue weighted by Gasteiger charge is 2.43. The zero-order valence-electron chi connectivity index (χ0n) is 29.5. The van der Waals surface area contributed by atoms with Gasteiger partial charge in [0.05, 0.1) is 22.1 Å². The number of carbonyl (C=O) groups is 2. The van der Waals surface area contributed by atoms with Crippen LogP contribution in [0.25, 0.3) is 0 Å². The van der Waals surface area contributed by atoms with Crippen LogP contribution < -0.4 is 15.8 Å². The molecule has 2 saturated heterocycles. The lowest BCUT2D eigenvalue weighted by Gasteiger charge is -2.38. The van der Waals surface area contributed by atoms with Crippen LogP contribution in [0, 0.1) is 24.5 Å². The molecule has 0 atom stereocenters. The maximum atomic E-state index is 14.5. The van der Waals surface area contributed by atoms with Crippen LogP contribution in [-0.2, 0) is 16.6 Å². The molecular weight excluding hydrogens is 723 g/mol. The number of nitrogens with one attached hydrogen (secondary N) is 1. The number of halogens is 5. The number of nitrogens with zero attached hydrogens (tertiary/aromatic N) is 4. The molecule has 0 spiro atoms. The number of aryl methyl sites for hydroxylation is 1. The number of anilines is 1. The lowest BCUT2D eigenvalue weighted by Crippen LogP contribution is -2.49. The first-order valence-electron chi connectivity index (χ1n) is 17.5. The molecular formula is C36H43F5N6O5S. The van der Waals surface area contributed by atoms with Crippen LogP contribution in [0.5, 0.6) is 11.6 Å². The number of nitrogens with two attached hydrogens (primary N) is 1. The van der Waals surface area contributed by atoms with E-state index in [0.29, 0.717) is 56.7 Å². The van der Waals surface area contributed by atoms with E-state index in [2.05, 4.69) is 15.2 Å². The first-order chi connectivity index (χ1) is 25.1. The average Bonchev–Trinajstić information content (AvgIpc) is 3.11. The van der Waals surface area contributed by atoms with Gasteiger partial charge in [0.25, 0.3) is 5.91 Å². The van der Waals surface area contributed by atoms with Gasteiger partial charge in [0, 0.05) is 63.1 Å². The largest absolute Gasteiger partial charge is 0.439 e. The number of primary amides is 1. The predicted octanol–water partition coefficient (Wildman–Crippen LogP) is 6.82. The van der Waals surface area contributed by atoms with E-state index in [9.17, 15) is 40.0 Å². The number of benzene rings is 2. The van der Waals surface area contributed by atoms with Gasteiger partial charge in [-0.15, -0.1) is 0 Å². The van der Waals surface area contributed by atoms with Crippen molar-refractivity contribution in [1.29, 1.82) is 0 Å². The molecule has 2 aliphatic rings. The van der Waals surface area contributed by atoms with E-state index in [-0.39, 0.29) is 42.6 Å². The number of rotatable bonds is 12. The second-order valence-corrected chi connectivity index (χ2v) is 15.3. The predicted molar refractivity (Wildman–Crippen MR) is 187 cm³/mol. The number of piperidine rings is 2. The molecule has 2 aromatic carbocycles. The summed E-state index contributed by atoms with van der Waals surface area (Å²) in [6.07, 6.45) is -2.02. The number of aromatic nitrogens is 1. The van der Waals surface area contributed by atoms with Gasteiger partial charge in [0.2, 0.25) is 15.9 Å². The number of unbranched alkanes of at least 4 members (excludes halogenated alkanes) is 1. The summed E-state index contributed by atoms with van der Waals surface area (Å²) in [4.78, 5) is 33.3. The first kappa shape index (κ1) is 39.8. The minimum atomic E-state index is -4.34. The van der Waals surface area contributed by atoms with E-state index in [4.69, 9.17) is 10.5 Å². The Morgan fingerprint density at radius 2 is 1.64 bits per heavy atom. The van der Waals surface area contributed by atoms with Crippen LogP contribution in [0.3, 0.4) is 0 Å². The molecule has 11 nitrogen and oxygen atoms in total. The summed E-state index contributed by atoms with van der Waals surface area (Å²) in [6.45, 7) is 5.82. The fraction of sp³-hybridized carbons (Fsp3) is 0.472. The van der Waals surface area contributed by atoms with Gasteiger partial charge < -0.3 is 20.7 Å². The van der Waals surface area contributed by atoms with Gasteiger partial charge in [-0.1, -0.05) is 19.4 Å². The fourth-order valence-electron chi connectivity index (χ4n) is 6.59. The number of ether oxygens (including phenoxy) is 1. The second kappa shape index (κ2) is 16.8. The van der Waals surface area contributed by atoms with Gasteiger partial charge in [-0.2, -0.15) is 17.5 Å². The molecule has 1 aromatic heterocycles. The Balaban J connectivity index is 1.15. The van der Waals surface area contributed by atoms with Gasteiger partial charge in [-0.25, -0.2) is 27.0 Å². The Hall–Kier alpha value is -4.35. The highest BCUT2D eigenvalue weighted by molar-refractivity contribution is 7.89. The fourth-order valence-corrected chi connectivity index (χ4v) is 8.06. The standard InChI is InChI=1S/C36H43F5N6O5S/c1-3-4-15-47(35(49)44-32-20-29(34(42)48)30(37)21-31(32)38)26-13-16-45(17-14-26)22-24-5-10-33(43-23(24)2)52-27-6-8-28(9-7-27)53(50,51)46-18-11-25(12-19-46)36(39,40)41/h5-10,20-21,25-26H,3-4,11-19,22H2,1-2H3,(H2,42,48)(H,44,49). The molecule has 3 amide bonds. The molecule has 0 unspecified atom stereocenters. The van der Waals surface area contributed by atoms with Crippen molar-refractivity contribution in [2.24, 2.45) is 11.7 Å². The third-order valence-corrected chi connectivity index (χ3v) is 11.7. The summed E-state index contributed by atoms with van der Waals surface area (Å²) < 4.78 is 101. The van der Waals surface area contributed by atoms with Crippen molar-refractivity contribution in [2.75, 3.05) is 38.0 Å². The van der Waals surface area contributed by atoms with Crippen molar-refractivity contribution in [3.05, 3.63) is 77.0 Å². The van der Waals surface area contributed by atoms with Crippen LogP contribution in [0.15, 0.2) is 53.4 Å². The molecule has 5 rings (SSSR count). The Labute approximate surface area is 305 Å². The highest BCUT2D eigenvalue weighted by Crippen LogP contribution is 2.36. The summed E-state index contributed by atoms with van der Waals surface area (Å²) >= 11 is 0. The molecule has 2 aliphatic heterocycles. The quantitative estimate of drug-likeness (QED) is 0.193. The molecule has 0 aliphatic carbocycles. The van der Waals surface area contributed by atoms with Crippen molar-refractivity contribution in [2.45, 2.75) is 76.0 Å². The Bertz CT molecular complexity index is 1880. The number of hydrogen-bond donors (Lipinski definition) is 2. The number of urea groups is 1. The van der Waals surface area contributed by atoms with Gasteiger partial charge in [-0.05, 0) is 74.9 Å². The van der Waals surface area contributed by atoms with Crippen molar-refractivity contribution in [1.82, 2.24) is 19.1 Å². The zero-order valence-corrected chi connectivity index (χ0v) is 30.3. The number of alkyl halides is 3. The molecule has 3 heterocycles. The van der Waals surface area contributed by atoms with E-state index in [1.165, 1.54) is 24.3 Å². The Morgan fingerprint density at radius 1 is 0.981 bits per heavy atom. The minimum absolute atomic E-state index is 0.0340. The third kappa shape index (κ3) is 9.80. The summed E-state index contributed by atoms with van der Waals surface area (Å²) in [5.74, 6) is -4.06. The molecule has 0 bridgehead atoms. The summed E-state index contributed by atoms with van der Waals surface area (Å²) in [5, 5.41) is 2.49. The monoisotopic (exact) mass is 766 g/mol. The lowest BCUT2D eigenvalue weighted by atomic mass is 9.98. The number of hydrogen-bond acceptors (Lipinski definition) is 7. The SMILES string of the molecule is CCCCN(C(=O)Nc1cc(C(N)=O)c(F)cc1F)C1CCN(Cc2ccc(Oc3ccc(S(=O)(=O)N4CCC(C(F)(F)F)CC4)cc3)nc2C)CC1. The number of likely N-dealkylation sites (tertiary alicyclic amines) is 1. The number of sulfonamides is 1. The van der Waals surface area contributed by atoms with E-state index < -0.39 is 51.3 Å². The molecule has 288 valence electrons. The lowest BCUT2D eigenvalue weighted by molar-refractivity contribution is -0.182. The van der Waals surface area contributed by atoms with Crippen LogP contribution in [0.4, 0.5) is 32.4 Å². The van der Waals surface area contributed by atoms with Gasteiger partial charge in [-0.3, -0.25) is 9.69 Å². The molecule has 17 heteroatoms. The molecule has 0 radical (unpaired) electrons. The third-order valence-electron chi connectivity index (χ3n) is 9.74. The summed E-state index contributed by atoms with van der Waals surface area (Å²) in [5.41, 5.74) is 6.03. The van der Waals surface area contributed by atoms with Gasteiger partial charge in [0.15, 0.2) is 0 Å². The molecule has 0 saturated carbocycles. The normalized spacial score (nSPS) is 16.7. The highest BCUT2D eigenvalue weighted by atomic mass is 32.2.